The number of anilines is 1. The van der Waals surface area contributed by atoms with E-state index in [1.54, 1.807) is 26.2 Å². The second kappa shape index (κ2) is 6.73. The summed E-state index contributed by atoms with van der Waals surface area (Å²) in [7, 11) is 1.55. The van der Waals surface area contributed by atoms with Crippen LogP contribution in [-0.2, 0) is 4.79 Å². The molecule has 0 saturated heterocycles. The van der Waals surface area contributed by atoms with E-state index in [1.165, 1.54) is 0 Å². The molecular formula is C10H14BrClN2O2. The second-order valence-corrected chi connectivity index (χ2v) is 4.04. The number of carbonyl (C=O) groups is 1. The Bertz CT molecular complexity index is 372. The van der Waals surface area contributed by atoms with Crippen LogP contribution in [0.2, 0.25) is 0 Å². The van der Waals surface area contributed by atoms with Crippen molar-refractivity contribution in [3.05, 3.63) is 22.7 Å². The molecule has 0 radical (unpaired) electrons. The number of halogens is 2. The summed E-state index contributed by atoms with van der Waals surface area (Å²) in [6.45, 7) is 1.62. The zero-order chi connectivity index (χ0) is 11.4. The van der Waals surface area contributed by atoms with Gasteiger partial charge in [0.15, 0.2) is 0 Å². The quantitative estimate of drug-likeness (QED) is 0.899. The van der Waals surface area contributed by atoms with Crippen molar-refractivity contribution in [1.82, 2.24) is 0 Å². The Balaban J connectivity index is 0.00000225. The van der Waals surface area contributed by atoms with Crippen molar-refractivity contribution in [2.45, 2.75) is 13.0 Å². The first-order valence-corrected chi connectivity index (χ1v) is 5.24. The number of amides is 1. The maximum Gasteiger partial charge on any atom is 0.241 e. The number of nitrogens with two attached hydrogens (primary N) is 1. The van der Waals surface area contributed by atoms with E-state index in [1.807, 2.05) is 6.07 Å². The van der Waals surface area contributed by atoms with Gasteiger partial charge in [-0.2, -0.15) is 0 Å². The highest BCUT2D eigenvalue weighted by molar-refractivity contribution is 9.10. The van der Waals surface area contributed by atoms with Gasteiger partial charge in [0.25, 0.3) is 0 Å². The van der Waals surface area contributed by atoms with Crippen molar-refractivity contribution >= 4 is 39.9 Å². The number of hydrogen-bond donors (Lipinski definition) is 2. The molecule has 4 nitrogen and oxygen atoms in total. The number of methoxy groups -OCH3 is 1. The van der Waals surface area contributed by atoms with Crippen LogP contribution < -0.4 is 15.8 Å². The minimum absolute atomic E-state index is 0. The largest absolute Gasteiger partial charge is 0.495 e. The van der Waals surface area contributed by atoms with Crippen LogP contribution in [0, 0.1) is 0 Å². The zero-order valence-electron chi connectivity index (χ0n) is 8.99. The smallest absolute Gasteiger partial charge is 0.241 e. The highest BCUT2D eigenvalue weighted by Crippen LogP contribution is 2.27. The molecule has 0 aliphatic carbocycles. The lowest BCUT2D eigenvalue weighted by Gasteiger charge is -2.11. The topological polar surface area (TPSA) is 64.3 Å². The van der Waals surface area contributed by atoms with Gasteiger partial charge in [-0.05, 0) is 25.1 Å². The molecule has 1 amide bonds. The van der Waals surface area contributed by atoms with Gasteiger partial charge >= 0.3 is 0 Å². The number of nitrogens with one attached hydrogen (secondary N) is 1. The van der Waals surface area contributed by atoms with Gasteiger partial charge in [-0.15, -0.1) is 12.4 Å². The standard InChI is InChI=1S/C10H13BrN2O2.ClH/c1-6(12)10(14)13-8-5-7(11)3-4-9(8)15-2;/h3-6H,12H2,1-2H3,(H,13,14);1H. The van der Waals surface area contributed by atoms with Gasteiger partial charge in [0.05, 0.1) is 18.8 Å². The molecular weight excluding hydrogens is 295 g/mol. The van der Waals surface area contributed by atoms with E-state index >= 15 is 0 Å². The SMILES string of the molecule is COc1ccc(Br)cc1NC(=O)C(C)N.Cl. The third kappa shape index (κ3) is 4.00. The van der Waals surface area contributed by atoms with Gasteiger partial charge in [0.1, 0.15) is 5.75 Å². The summed E-state index contributed by atoms with van der Waals surface area (Å²) in [6.07, 6.45) is 0. The number of rotatable bonds is 3. The lowest BCUT2D eigenvalue weighted by molar-refractivity contribution is -0.117. The summed E-state index contributed by atoms with van der Waals surface area (Å²) in [5.74, 6) is 0.360. The molecule has 0 spiro atoms. The van der Waals surface area contributed by atoms with Gasteiger partial charge in [0, 0.05) is 4.47 Å². The lowest BCUT2D eigenvalue weighted by Crippen LogP contribution is -2.32. The average molecular weight is 310 g/mol. The van der Waals surface area contributed by atoms with Gasteiger partial charge < -0.3 is 15.8 Å². The Labute approximate surface area is 109 Å². The first-order valence-electron chi connectivity index (χ1n) is 4.44. The minimum atomic E-state index is -0.548. The van der Waals surface area contributed by atoms with Crippen LogP contribution in [0.4, 0.5) is 5.69 Å². The van der Waals surface area contributed by atoms with Gasteiger partial charge in [-0.1, -0.05) is 15.9 Å². The van der Waals surface area contributed by atoms with Crippen LogP contribution in [0.1, 0.15) is 6.92 Å². The number of benzene rings is 1. The van der Waals surface area contributed by atoms with E-state index in [2.05, 4.69) is 21.2 Å². The van der Waals surface area contributed by atoms with E-state index < -0.39 is 6.04 Å². The van der Waals surface area contributed by atoms with Crippen LogP contribution in [0.5, 0.6) is 5.75 Å². The minimum Gasteiger partial charge on any atom is -0.495 e. The van der Waals surface area contributed by atoms with Crippen molar-refractivity contribution in [3.8, 4) is 5.75 Å². The van der Waals surface area contributed by atoms with Crippen LogP contribution in [0.15, 0.2) is 22.7 Å². The summed E-state index contributed by atoms with van der Waals surface area (Å²) in [5, 5.41) is 2.68. The van der Waals surface area contributed by atoms with E-state index in [9.17, 15) is 4.79 Å². The summed E-state index contributed by atoms with van der Waals surface area (Å²) in [5.41, 5.74) is 6.05. The van der Waals surface area contributed by atoms with E-state index in [-0.39, 0.29) is 18.3 Å². The predicted octanol–water partition coefficient (Wildman–Crippen LogP) is 2.17. The molecule has 1 aromatic carbocycles. The van der Waals surface area contributed by atoms with Crippen molar-refractivity contribution in [1.29, 1.82) is 0 Å². The van der Waals surface area contributed by atoms with Crippen LogP contribution in [0.3, 0.4) is 0 Å². The molecule has 1 aromatic rings. The highest BCUT2D eigenvalue weighted by atomic mass is 79.9. The Morgan fingerprint density at radius 3 is 2.69 bits per heavy atom. The lowest BCUT2D eigenvalue weighted by atomic mass is 10.2. The third-order valence-corrected chi connectivity index (χ3v) is 2.33. The number of ether oxygens (including phenoxy) is 1. The van der Waals surface area contributed by atoms with Crippen LogP contribution in [-0.4, -0.2) is 19.1 Å². The zero-order valence-corrected chi connectivity index (χ0v) is 11.4. The average Bonchev–Trinajstić information content (AvgIpc) is 2.18. The number of carbonyl (C=O) groups excluding carboxylic acids is 1. The maximum absolute atomic E-state index is 11.4. The molecule has 1 atom stereocenters. The molecule has 16 heavy (non-hydrogen) atoms. The van der Waals surface area contributed by atoms with Crippen molar-refractivity contribution in [2.24, 2.45) is 5.73 Å². The van der Waals surface area contributed by atoms with Gasteiger partial charge in [-0.3, -0.25) is 4.79 Å². The predicted molar refractivity (Wildman–Crippen MR) is 70.2 cm³/mol. The van der Waals surface area contributed by atoms with Crippen LogP contribution >= 0.6 is 28.3 Å². The normalized spacial score (nSPS) is 11.2. The van der Waals surface area contributed by atoms with E-state index in [0.717, 1.165) is 4.47 Å². The molecule has 0 aromatic heterocycles. The van der Waals surface area contributed by atoms with Crippen molar-refractivity contribution in [3.63, 3.8) is 0 Å². The molecule has 0 aliphatic rings. The molecule has 0 aliphatic heterocycles. The van der Waals surface area contributed by atoms with Crippen molar-refractivity contribution < 1.29 is 9.53 Å². The van der Waals surface area contributed by atoms with E-state index in [0.29, 0.717) is 11.4 Å². The number of hydrogen-bond acceptors (Lipinski definition) is 3. The Kier molecular flexibility index (Phi) is 6.40. The molecule has 1 unspecified atom stereocenters. The molecule has 1 rings (SSSR count). The fourth-order valence-electron chi connectivity index (χ4n) is 1.02. The fourth-order valence-corrected chi connectivity index (χ4v) is 1.39. The molecule has 0 fully saturated rings. The Hall–Kier alpha value is -0.780. The molecule has 90 valence electrons. The van der Waals surface area contributed by atoms with Gasteiger partial charge in [0.2, 0.25) is 5.91 Å². The first-order chi connectivity index (χ1) is 7.04. The molecule has 6 heteroatoms. The highest BCUT2D eigenvalue weighted by Gasteiger charge is 2.11. The summed E-state index contributed by atoms with van der Waals surface area (Å²) >= 11 is 3.31. The monoisotopic (exact) mass is 308 g/mol. The first kappa shape index (κ1) is 15.2. The van der Waals surface area contributed by atoms with Crippen molar-refractivity contribution in [2.75, 3.05) is 12.4 Å². The van der Waals surface area contributed by atoms with Crippen LogP contribution in [0.25, 0.3) is 0 Å². The summed E-state index contributed by atoms with van der Waals surface area (Å²) < 4.78 is 5.97. The van der Waals surface area contributed by atoms with Gasteiger partial charge in [-0.25, -0.2) is 0 Å². The molecule has 0 bridgehead atoms. The van der Waals surface area contributed by atoms with E-state index in [4.69, 9.17) is 10.5 Å². The molecule has 0 heterocycles. The Morgan fingerprint density at radius 2 is 2.19 bits per heavy atom. The fraction of sp³-hybridized carbons (Fsp3) is 0.300. The summed E-state index contributed by atoms with van der Waals surface area (Å²) in [4.78, 5) is 11.4. The Morgan fingerprint density at radius 1 is 1.56 bits per heavy atom. The summed E-state index contributed by atoms with van der Waals surface area (Å²) in [6, 6.07) is 4.81. The third-order valence-electron chi connectivity index (χ3n) is 1.83. The second-order valence-electron chi connectivity index (χ2n) is 3.12. The molecule has 3 N–H and O–H groups in total. The molecule has 0 saturated carbocycles. The maximum atomic E-state index is 11.4.